The van der Waals surface area contributed by atoms with Crippen LogP contribution >= 0.6 is 11.8 Å². The Kier molecular flexibility index (Phi) is 4.35. The van der Waals surface area contributed by atoms with Gasteiger partial charge in [0.2, 0.25) is 0 Å². The molecule has 0 bridgehead atoms. The number of nitriles is 1. The number of methoxy groups -OCH3 is 1. The van der Waals surface area contributed by atoms with E-state index in [1.54, 1.807) is 6.26 Å². The zero-order valence-electron chi connectivity index (χ0n) is 9.90. The molecule has 17 heavy (non-hydrogen) atoms. The Morgan fingerprint density at radius 3 is 2.71 bits per heavy atom. The molecule has 0 saturated carbocycles. The summed E-state index contributed by atoms with van der Waals surface area (Å²) in [7, 11) is 1.27. The van der Waals surface area contributed by atoms with Crippen molar-refractivity contribution in [2.45, 2.75) is 18.4 Å². The molecule has 0 fully saturated rings. The molecule has 1 aromatic heterocycles. The summed E-state index contributed by atoms with van der Waals surface area (Å²) in [5.41, 5.74) is 6.98. The van der Waals surface area contributed by atoms with Crippen LogP contribution in [-0.2, 0) is 11.2 Å². The van der Waals surface area contributed by atoms with E-state index in [4.69, 9.17) is 11.0 Å². The van der Waals surface area contributed by atoms with Crippen molar-refractivity contribution in [2.75, 3.05) is 19.1 Å². The Labute approximate surface area is 104 Å². The lowest BCUT2D eigenvalue weighted by Gasteiger charge is -2.12. The fourth-order valence-electron chi connectivity index (χ4n) is 1.47. The van der Waals surface area contributed by atoms with Crippen LogP contribution in [0.4, 0.5) is 5.69 Å². The third kappa shape index (κ3) is 2.34. The molecular formula is C11H13N3O2S. The standard InChI is InChI=1S/C11H13N3O2S/c1-4-7-8(11(15)16-2)9(13)6(5-12)10(14-7)17-3/h4H2,1-3H3,(H2,13,14). The summed E-state index contributed by atoms with van der Waals surface area (Å²) in [5.74, 6) is -0.559. The molecule has 0 amide bonds. The maximum Gasteiger partial charge on any atom is 0.341 e. The number of hydrogen-bond acceptors (Lipinski definition) is 6. The second-order valence-corrected chi connectivity index (χ2v) is 3.98. The quantitative estimate of drug-likeness (QED) is 0.648. The van der Waals surface area contributed by atoms with Gasteiger partial charge in [0.15, 0.2) is 0 Å². The van der Waals surface area contributed by atoms with Gasteiger partial charge in [-0.05, 0) is 12.7 Å². The Balaban J connectivity index is 3.59. The van der Waals surface area contributed by atoms with Crippen LogP contribution < -0.4 is 5.73 Å². The molecule has 1 heterocycles. The number of anilines is 1. The highest BCUT2D eigenvalue weighted by atomic mass is 32.2. The molecule has 0 aliphatic rings. The number of nitrogens with two attached hydrogens (primary N) is 1. The number of hydrogen-bond donors (Lipinski definition) is 1. The van der Waals surface area contributed by atoms with Gasteiger partial charge in [0.05, 0.1) is 18.5 Å². The summed E-state index contributed by atoms with van der Waals surface area (Å²) in [6, 6.07) is 1.97. The monoisotopic (exact) mass is 251 g/mol. The molecule has 0 aliphatic heterocycles. The lowest BCUT2D eigenvalue weighted by atomic mass is 10.1. The molecular weight excluding hydrogens is 238 g/mol. The second kappa shape index (κ2) is 5.55. The van der Waals surface area contributed by atoms with Gasteiger partial charge in [-0.3, -0.25) is 0 Å². The van der Waals surface area contributed by atoms with Crippen LogP contribution in [0.1, 0.15) is 28.5 Å². The second-order valence-electron chi connectivity index (χ2n) is 3.19. The number of ether oxygens (including phenoxy) is 1. The largest absolute Gasteiger partial charge is 0.465 e. The van der Waals surface area contributed by atoms with Crippen molar-refractivity contribution in [2.24, 2.45) is 0 Å². The highest BCUT2D eigenvalue weighted by Crippen LogP contribution is 2.28. The van der Waals surface area contributed by atoms with E-state index in [1.807, 2.05) is 13.0 Å². The van der Waals surface area contributed by atoms with Gasteiger partial charge in [0, 0.05) is 0 Å². The lowest BCUT2D eigenvalue weighted by molar-refractivity contribution is 0.0600. The molecule has 5 nitrogen and oxygen atoms in total. The first kappa shape index (κ1) is 13.3. The van der Waals surface area contributed by atoms with E-state index in [0.29, 0.717) is 17.1 Å². The molecule has 1 rings (SSSR count). The van der Waals surface area contributed by atoms with Crippen LogP contribution in [0, 0.1) is 11.3 Å². The SMILES string of the molecule is CCc1nc(SC)c(C#N)c(N)c1C(=O)OC. The van der Waals surface area contributed by atoms with Gasteiger partial charge in [0.1, 0.15) is 22.2 Å². The fourth-order valence-corrected chi connectivity index (χ4v) is 2.03. The summed E-state index contributed by atoms with van der Waals surface area (Å²) >= 11 is 1.33. The van der Waals surface area contributed by atoms with Gasteiger partial charge in [0.25, 0.3) is 0 Å². The first-order chi connectivity index (χ1) is 8.10. The molecule has 90 valence electrons. The van der Waals surface area contributed by atoms with E-state index in [0.717, 1.165) is 0 Å². The number of carbonyl (C=O) groups excluding carboxylic acids is 1. The average molecular weight is 251 g/mol. The third-order valence-corrected chi connectivity index (χ3v) is 2.99. The normalized spacial score (nSPS) is 9.76. The van der Waals surface area contributed by atoms with E-state index in [9.17, 15) is 4.79 Å². The number of rotatable bonds is 3. The fraction of sp³-hybridized carbons (Fsp3) is 0.364. The van der Waals surface area contributed by atoms with Gasteiger partial charge < -0.3 is 10.5 Å². The van der Waals surface area contributed by atoms with Crippen molar-refractivity contribution in [3.8, 4) is 6.07 Å². The maximum absolute atomic E-state index is 11.6. The van der Waals surface area contributed by atoms with E-state index in [-0.39, 0.29) is 16.8 Å². The highest BCUT2D eigenvalue weighted by molar-refractivity contribution is 7.98. The highest BCUT2D eigenvalue weighted by Gasteiger charge is 2.22. The number of aryl methyl sites for hydroxylation is 1. The topological polar surface area (TPSA) is 89.0 Å². The van der Waals surface area contributed by atoms with Gasteiger partial charge in [-0.15, -0.1) is 11.8 Å². The lowest BCUT2D eigenvalue weighted by Crippen LogP contribution is -2.13. The number of nitrogens with zero attached hydrogens (tertiary/aromatic N) is 2. The number of aromatic nitrogens is 1. The molecule has 0 aromatic carbocycles. The van der Waals surface area contributed by atoms with Crippen molar-refractivity contribution in [1.82, 2.24) is 4.98 Å². The molecule has 0 aliphatic carbocycles. The summed E-state index contributed by atoms with van der Waals surface area (Å²) < 4.78 is 4.66. The molecule has 0 atom stereocenters. The van der Waals surface area contributed by atoms with Crippen LogP contribution in [0.2, 0.25) is 0 Å². The van der Waals surface area contributed by atoms with Gasteiger partial charge in [-0.2, -0.15) is 5.26 Å². The summed E-state index contributed by atoms with van der Waals surface area (Å²) in [6.07, 6.45) is 2.35. The smallest absolute Gasteiger partial charge is 0.341 e. The van der Waals surface area contributed by atoms with E-state index >= 15 is 0 Å². The van der Waals surface area contributed by atoms with Crippen molar-refractivity contribution in [3.05, 3.63) is 16.8 Å². The van der Waals surface area contributed by atoms with E-state index < -0.39 is 5.97 Å². The Hall–Kier alpha value is -1.74. The molecule has 2 N–H and O–H groups in total. The number of nitrogen functional groups attached to an aromatic ring is 1. The maximum atomic E-state index is 11.6. The van der Waals surface area contributed by atoms with Crippen LogP contribution in [0.25, 0.3) is 0 Å². The van der Waals surface area contributed by atoms with Crippen molar-refractivity contribution in [3.63, 3.8) is 0 Å². The first-order valence-electron chi connectivity index (χ1n) is 4.95. The van der Waals surface area contributed by atoms with Crippen LogP contribution in [-0.4, -0.2) is 24.3 Å². The number of carbonyl (C=O) groups is 1. The van der Waals surface area contributed by atoms with Crippen molar-refractivity contribution in [1.29, 1.82) is 5.26 Å². The zero-order chi connectivity index (χ0) is 13.0. The first-order valence-corrected chi connectivity index (χ1v) is 6.17. The van der Waals surface area contributed by atoms with E-state index in [1.165, 1.54) is 18.9 Å². The summed E-state index contributed by atoms with van der Waals surface area (Å²) in [5, 5.41) is 9.57. The molecule has 0 spiro atoms. The van der Waals surface area contributed by atoms with Crippen LogP contribution in [0.5, 0.6) is 0 Å². The molecule has 0 unspecified atom stereocenters. The number of esters is 1. The molecule has 0 radical (unpaired) electrons. The van der Waals surface area contributed by atoms with Gasteiger partial charge in [-0.25, -0.2) is 9.78 Å². The number of thioether (sulfide) groups is 1. The Morgan fingerprint density at radius 1 is 1.65 bits per heavy atom. The summed E-state index contributed by atoms with van der Waals surface area (Å²) in [6.45, 7) is 1.87. The van der Waals surface area contributed by atoms with Crippen molar-refractivity contribution >= 4 is 23.4 Å². The zero-order valence-corrected chi connectivity index (χ0v) is 10.7. The predicted octanol–water partition coefficient (Wildman–Crippen LogP) is 1.61. The van der Waals surface area contributed by atoms with Crippen LogP contribution in [0.15, 0.2) is 5.03 Å². The Morgan fingerprint density at radius 2 is 2.29 bits per heavy atom. The van der Waals surface area contributed by atoms with E-state index in [2.05, 4.69) is 9.72 Å². The van der Waals surface area contributed by atoms with Gasteiger partial charge in [-0.1, -0.05) is 6.92 Å². The minimum absolute atomic E-state index is 0.149. The molecule has 0 saturated heterocycles. The third-order valence-electron chi connectivity index (χ3n) is 2.31. The summed E-state index contributed by atoms with van der Waals surface area (Å²) in [4.78, 5) is 15.9. The van der Waals surface area contributed by atoms with Crippen LogP contribution in [0.3, 0.4) is 0 Å². The molecule has 6 heteroatoms. The van der Waals surface area contributed by atoms with Crippen molar-refractivity contribution < 1.29 is 9.53 Å². The Bertz CT molecular complexity index is 494. The minimum atomic E-state index is -0.559. The predicted molar refractivity (Wildman–Crippen MR) is 65.9 cm³/mol. The average Bonchev–Trinajstić information content (AvgIpc) is 2.36. The number of pyridine rings is 1. The van der Waals surface area contributed by atoms with Gasteiger partial charge >= 0.3 is 5.97 Å². The molecule has 1 aromatic rings. The minimum Gasteiger partial charge on any atom is -0.465 e.